The van der Waals surface area contributed by atoms with Crippen molar-refractivity contribution in [2.24, 2.45) is 4.40 Å². The zero-order valence-electron chi connectivity index (χ0n) is 10.7. The Hall–Kier alpha value is -0.710. The van der Waals surface area contributed by atoms with Gasteiger partial charge in [-0.25, -0.2) is 0 Å². The Labute approximate surface area is 116 Å². The van der Waals surface area contributed by atoms with Crippen LogP contribution in [0.2, 0.25) is 5.02 Å². The Morgan fingerprint density at radius 2 is 2.11 bits per heavy atom. The molecule has 18 heavy (non-hydrogen) atoms. The minimum atomic E-state index is -1.25. The summed E-state index contributed by atoms with van der Waals surface area (Å²) in [5, 5.41) is 0.631. The number of hydrogen-bond acceptors (Lipinski definition) is 3. The van der Waals surface area contributed by atoms with E-state index in [0.29, 0.717) is 18.1 Å². The van der Waals surface area contributed by atoms with E-state index in [4.69, 9.17) is 16.3 Å². The van der Waals surface area contributed by atoms with Crippen LogP contribution in [0.25, 0.3) is 0 Å². The highest BCUT2D eigenvalue weighted by molar-refractivity contribution is 7.91. The number of nitrogens with zero attached hydrogens (tertiary/aromatic N) is 1. The lowest BCUT2D eigenvalue weighted by Crippen LogP contribution is -2.28. The topological polar surface area (TPSA) is 44.7 Å². The van der Waals surface area contributed by atoms with E-state index in [1.165, 1.54) is 0 Å². The summed E-state index contributed by atoms with van der Waals surface area (Å²) in [6.45, 7) is 6.29. The van der Waals surface area contributed by atoms with E-state index in [0.717, 1.165) is 17.0 Å². The number of benzene rings is 1. The second-order valence-electron chi connectivity index (χ2n) is 5.14. The van der Waals surface area contributed by atoms with E-state index in [9.17, 15) is 4.55 Å². The van der Waals surface area contributed by atoms with Gasteiger partial charge >= 0.3 is 0 Å². The van der Waals surface area contributed by atoms with Crippen LogP contribution >= 0.6 is 11.6 Å². The van der Waals surface area contributed by atoms with Crippen LogP contribution in [0.3, 0.4) is 0 Å². The second kappa shape index (κ2) is 5.11. The molecule has 1 aliphatic rings. The van der Waals surface area contributed by atoms with Crippen molar-refractivity contribution < 1.29 is 9.29 Å². The standard InChI is InChI=1S/C13H16ClNO2S/c1-13(2,3)18(16)15-11-6-7-17-12-8-9(14)4-5-10(11)12/h4-5,8H,6-7H2,1-3H3. The highest BCUT2D eigenvalue weighted by Gasteiger charge is 2.29. The number of halogens is 1. The average Bonchev–Trinajstić information content (AvgIpc) is 2.27. The molecule has 1 atom stereocenters. The van der Waals surface area contributed by atoms with Gasteiger partial charge in [0, 0.05) is 17.0 Å². The van der Waals surface area contributed by atoms with Crippen LogP contribution < -0.4 is 4.74 Å². The molecular formula is C13H16ClNO2S. The molecule has 0 N–H and O–H groups in total. The van der Waals surface area contributed by atoms with E-state index in [1.807, 2.05) is 26.8 Å². The molecule has 0 aromatic heterocycles. The van der Waals surface area contributed by atoms with Gasteiger partial charge in [-0.05, 0) is 39.0 Å². The Morgan fingerprint density at radius 3 is 2.78 bits per heavy atom. The smallest absolute Gasteiger partial charge is 0.144 e. The first-order valence-electron chi connectivity index (χ1n) is 5.80. The predicted molar refractivity (Wildman–Crippen MR) is 76.0 cm³/mol. The van der Waals surface area contributed by atoms with Crippen molar-refractivity contribution in [2.45, 2.75) is 31.9 Å². The first-order chi connectivity index (χ1) is 8.38. The fraction of sp³-hybridized carbons (Fsp3) is 0.462. The zero-order valence-corrected chi connectivity index (χ0v) is 12.3. The lowest BCUT2D eigenvalue weighted by Gasteiger charge is -2.22. The van der Waals surface area contributed by atoms with Crippen LogP contribution in [-0.4, -0.2) is 21.6 Å². The van der Waals surface area contributed by atoms with Crippen molar-refractivity contribution in [3.05, 3.63) is 28.8 Å². The highest BCUT2D eigenvalue weighted by atomic mass is 35.5. The van der Waals surface area contributed by atoms with Crippen molar-refractivity contribution in [2.75, 3.05) is 6.61 Å². The molecule has 2 rings (SSSR count). The number of rotatable bonds is 1. The molecule has 1 unspecified atom stereocenters. The maximum absolute atomic E-state index is 12.1. The fourth-order valence-corrected chi connectivity index (χ4v) is 2.40. The van der Waals surface area contributed by atoms with Crippen molar-refractivity contribution in [1.82, 2.24) is 0 Å². The second-order valence-corrected chi connectivity index (χ2v) is 7.48. The summed E-state index contributed by atoms with van der Waals surface area (Å²) >= 11 is 4.67. The Kier molecular flexibility index (Phi) is 3.90. The molecule has 5 heteroatoms. The van der Waals surface area contributed by atoms with Crippen LogP contribution in [0.15, 0.2) is 22.6 Å². The third-order valence-corrected chi connectivity index (χ3v) is 4.24. The Morgan fingerprint density at radius 1 is 1.39 bits per heavy atom. The van der Waals surface area contributed by atoms with Gasteiger partial charge in [0.25, 0.3) is 0 Å². The SMILES string of the molecule is CC(C)(C)[S+]([O-])N=C1CCOc2cc(Cl)ccc21. The lowest BCUT2D eigenvalue weighted by molar-refractivity contribution is 0.320. The molecule has 0 amide bonds. The molecule has 0 saturated carbocycles. The van der Waals surface area contributed by atoms with Gasteiger partial charge in [-0.2, -0.15) is 0 Å². The number of ether oxygens (including phenoxy) is 1. The molecule has 0 saturated heterocycles. The molecule has 0 radical (unpaired) electrons. The van der Waals surface area contributed by atoms with Crippen LogP contribution in [0, 0.1) is 0 Å². The zero-order chi connectivity index (χ0) is 13.3. The Bertz CT molecular complexity index is 482. The number of fused-ring (bicyclic) bond motifs is 1. The van der Waals surface area contributed by atoms with Crippen LogP contribution in [0.4, 0.5) is 0 Å². The highest BCUT2D eigenvalue weighted by Crippen LogP contribution is 2.29. The molecule has 98 valence electrons. The number of hydrogen-bond donors (Lipinski definition) is 0. The largest absolute Gasteiger partial charge is 0.591 e. The quantitative estimate of drug-likeness (QED) is 0.743. The summed E-state index contributed by atoms with van der Waals surface area (Å²) in [6, 6.07) is 5.44. The first kappa shape index (κ1) is 13.7. The van der Waals surface area contributed by atoms with Crippen LogP contribution in [0.5, 0.6) is 5.75 Å². The molecule has 0 spiro atoms. The van der Waals surface area contributed by atoms with Gasteiger partial charge in [-0.3, -0.25) is 0 Å². The molecule has 0 fully saturated rings. The molecule has 1 aromatic rings. The van der Waals surface area contributed by atoms with Gasteiger partial charge in [0.1, 0.15) is 27.6 Å². The fourth-order valence-electron chi connectivity index (χ4n) is 1.58. The lowest BCUT2D eigenvalue weighted by atomic mass is 10.0. The molecule has 1 aromatic carbocycles. The van der Waals surface area contributed by atoms with Gasteiger partial charge in [-0.15, -0.1) is 0 Å². The summed E-state index contributed by atoms with van der Waals surface area (Å²) in [5.74, 6) is 0.721. The van der Waals surface area contributed by atoms with E-state index in [2.05, 4.69) is 4.40 Å². The van der Waals surface area contributed by atoms with Crippen LogP contribution in [0.1, 0.15) is 32.8 Å². The maximum Gasteiger partial charge on any atom is 0.144 e. The van der Waals surface area contributed by atoms with Crippen molar-refractivity contribution in [3.63, 3.8) is 0 Å². The minimum absolute atomic E-state index is 0.349. The van der Waals surface area contributed by atoms with Crippen molar-refractivity contribution in [1.29, 1.82) is 0 Å². The van der Waals surface area contributed by atoms with Crippen LogP contribution in [-0.2, 0) is 11.4 Å². The maximum atomic E-state index is 12.1. The summed E-state index contributed by atoms with van der Waals surface area (Å²) in [7, 11) is 0. The predicted octanol–water partition coefficient (Wildman–Crippen LogP) is 3.37. The van der Waals surface area contributed by atoms with Gasteiger partial charge in [0.15, 0.2) is 0 Å². The van der Waals surface area contributed by atoms with Crippen molar-refractivity contribution >= 4 is 28.7 Å². The van der Waals surface area contributed by atoms with E-state index in [-0.39, 0.29) is 4.75 Å². The van der Waals surface area contributed by atoms with E-state index in [1.54, 1.807) is 12.1 Å². The summed E-state index contributed by atoms with van der Waals surface area (Å²) in [4.78, 5) is 0. The third kappa shape index (κ3) is 2.99. The van der Waals surface area contributed by atoms with E-state index < -0.39 is 11.4 Å². The first-order valence-corrected chi connectivity index (χ1v) is 7.29. The van der Waals surface area contributed by atoms with Gasteiger partial charge < -0.3 is 9.29 Å². The third-order valence-electron chi connectivity index (χ3n) is 2.57. The van der Waals surface area contributed by atoms with Gasteiger partial charge in [0.2, 0.25) is 0 Å². The van der Waals surface area contributed by atoms with Crippen molar-refractivity contribution in [3.8, 4) is 5.75 Å². The minimum Gasteiger partial charge on any atom is -0.591 e. The summed E-state index contributed by atoms with van der Waals surface area (Å²) < 4.78 is 21.6. The summed E-state index contributed by atoms with van der Waals surface area (Å²) in [5.41, 5.74) is 1.73. The molecule has 0 bridgehead atoms. The normalized spacial score (nSPS) is 19.3. The van der Waals surface area contributed by atoms with Gasteiger partial charge in [0.05, 0.1) is 6.61 Å². The Balaban J connectivity index is 2.36. The molecule has 1 heterocycles. The summed E-state index contributed by atoms with van der Waals surface area (Å²) in [6.07, 6.45) is 0.677. The molecular weight excluding hydrogens is 270 g/mol. The average molecular weight is 286 g/mol. The monoisotopic (exact) mass is 285 g/mol. The van der Waals surface area contributed by atoms with Gasteiger partial charge in [-0.1, -0.05) is 16.0 Å². The molecule has 0 aliphatic carbocycles. The van der Waals surface area contributed by atoms with E-state index >= 15 is 0 Å². The molecule has 3 nitrogen and oxygen atoms in total. The molecule has 1 aliphatic heterocycles.